The van der Waals surface area contributed by atoms with Crippen molar-refractivity contribution < 1.29 is 19.4 Å². The van der Waals surface area contributed by atoms with Crippen molar-refractivity contribution in [1.29, 1.82) is 0 Å². The van der Waals surface area contributed by atoms with Gasteiger partial charge in [-0.2, -0.15) is 4.98 Å². The van der Waals surface area contributed by atoms with E-state index in [2.05, 4.69) is 22.4 Å². The predicted molar refractivity (Wildman–Crippen MR) is 137 cm³/mol. The third-order valence-corrected chi connectivity index (χ3v) is 7.47. The number of aromatic nitrogens is 3. The summed E-state index contributed by atoms with van der Waals surface area (Å²) in [7, 11) is 0. The van der Waals surface area contributed by atoms with Crippen molar-refractivity contribution in [3.8, 4) is 0 Å². The maximum Gasteiger partial charge on any atom is 0.338 e. The molecule has 2 N–H and O–H groups in total. The molecule has 1 aliphatic carbocycles. The summed E-state index contributed by atoms with van der Waals surface area (Å²) >= 11 is 1.51. The molecule has 1 fully saturated rings. The molecule has 2 aliphatic rings. The molecular weight excluding hydrogens is 476 g/mol. The first-order valence-corrected chi connectivity index (χ1v) is 13.1. The van der Waals surface area contributed by atoms with Gasteiger partial charge < -0.3 is 15.2 Å². The summed E-state index contributed by atoms with van der Waals surface area (Å²) in [5.74, 6) is -0.134. The second kappa shape index (κ2) is 10.6. The topological polar surface area (TPSA) is 106 Å². The molecule has 1 atom stereocenters. The number of ether oxygens (including phenoxy) is 1. The van der Waals surface area contributed by atoms with Crippen molar-refractivity contribution in [3.05, 3.63) is 82.6 Å². The van der Waals surface area contributed by atoms with Gasteiger partial charge in [0.05, 0.1) is 11.1 Å². The van der Waals surface area contributed by atoms with Crippen LogP contribution < -0.4 is 5.32 Å². The molecule has 8 nitrogen and oxygen atoms in total. The van der Waals surface area contributed by atoms with E-state index in [1.807, 2.05) is 25.1 Å². The van der Waals surface area contributed by atoms with Crippen LogP contribution >= 0.6 is 11.8 Å². The molecule has 36 heavy (non-hydrogen) atoms. The lowest BCUT2D eigenvalue weighted by Crippen LogP contribution is -2.32. The van der Waals surface area contributed by atoms with Gasteiger partial charge in [0.2, 0.25) is 11.1 Å². The molecule has 5 rings (SSSR count). The zero-order valence-corrected chi connectivity index (χ0v) is 20.8. The molecule has 9 heteroatoms. The average Bonchev–Trinajstić information content (AvgIpc) is 3.30. The molecule has 3 aromatic rings. The molecule has 186 valence electrons. The minimum Gasteiger partial charge on any atom is -0.478 e. The first-order valence-electron chi connectivity index (χ1n) is 12.1. The normalized spacial score (nSPS) is 17.9. The van der Waals surface area contributed by atoms with E-state index in [1.54, 1.807) is 28.9 Å². The average molecular weight is 505 g/mol. The number of hydrogen-bond acceptors (Lipinski definition) is 7. The van der Waals surface area contributed by atoms with E-state index >= 15 is 0 Å². The molecule has 0 radical (unpaired) electrons. The van der Waals surface area contributed by atoms with Crippen LogP contribution in [0.15, 0.2) is 71.0 Å². The maximum atomic E-state index is 13.5. The lowest BCUT2D eigenvalue weighted by Gasteiger charge is -2.30. The van der Waals surface area contributed by atoms with Crippen LogP contribution in [0, 0.1) is 0 Å². The third-order valence-electron chi connectivity index (χ3n) is 6.56. The lowest BCUT2D eigenvalue weighted by molar-refractivity contribution is -0.146. The number of aromatic carboxylic acids is 1. The number of allylic oxidation sites excluding steroid dienone is 1. The third kappa shape index (κ3) is 5.16. The molecule has 0 amide bonds. The number of nitrogens with one attached hydrogen (secondary N) is 1. The highest BCUT2D eigenvalue weighted by Crippen LogP contribution is 2.38. The van der Waals surface area contributed by atoms with Gasteiger partial charge in [0, 0.05) is 11.4 Å². The number of carbonyl (C=O) groups is 2. The van der Waals surface area contributed by atoms with Crippen LogP contribution in [0.1, 0.15) is 66.6 Å². The summed E-state index contributed by atoms with van der Waals surface area (Å²) in [6.07, 6.45) is 4.95. The van der Waals surface area contributed by atoms with Crippen molar-refractivity contribution in [2.45, 2.75) is 62.1 Å². The van der Waals surface area contributed by atoms with Gasteiger partial charge >= 0.3 is 11.9 Å². The Morgan fingerprint density at radius 3 is 2.50 bits per heavy atom. The number of fused-ring (bicyclic) bond motifs is 1. The van der Waals surface area contributed by atoms with Crippen LogP contribution in [0.5, 0.6) is 0 Å². The van der Waals surface area contributed by atoms with Crippen LogP contribution in [0.4, 0.5) is 5.95 Å². The molecule has 0 spiro atoms. The predicted octanol–water partition coefficient (Wildman–Crippen LogP) is 5.43. The molecule has 0 bridgehead atoms. The summed E-state index contributed by atoms with van der Waals surface area (Å²) in [5.41, 5.74) is 3.19. The first-order chi connectivity index (χ1) is 17.5. The van der Waals surface area contributed by atoms with Crippen LogP contribution in [0.25, 0.3) is 0 Å². The Balaban J connectivity index is 1.47. The smallest absolute Gasteiger partial charge is 0.338 e. The molecule has 2 aromatic carbocycles. The van der Waals surface area contributed by atoms with E-state index in [4.69, 9.17) is 9.84 Å². The monoisotopic (exact) mass is 504 g/mol. The van der Waals surface area contributed by atoms with Crippen molar-refractivity contribution >= 4 is 29.6 Å². The molecule has 2 heterocycles. The molecule has 0 saturated heterocycles. The number of carbonyl (C=O) groups excluding carboxylic acids is 1. The van der Waals surface area contributed by atoms with Crippen molar-refractivity contribution in [1.82, 2.24) is 14.8 Å². The minimum absolute atomic E-state index is 0.0873. The number of carboxylic acids is 1. The SMILES string of the molecule is CC1=C(C(=O)OC2CCCCC2)C(c2ccc(C(=O)O)cc2)n2nc(SCc3ccccc3)nc2N1. The Morgan fingerprint density at radius 1 is 1.08 bits per heavy atom. The summed E-state index contributed by atoms with van der Waals surface area (Å²) in [6.45, 7) is 1.84. The zero-order valence-electron chi connectivity index (χ0n) is 20.0. The Bertz CT molecular complexity index is 1280. The van der Waals surface area contributed by atoms with Gasteiger partial charge in [0.15, 0.2) is 0 Å². The highest BCUT2D eigenvalue weighted by Gasteiger charge is 2.36. The van der Waals surface area contributed by atoms with Gasteiger partial charge in [-0.25, -0.2) is 14.3 Å². The second-order valence-corrected chi connectivity index (χ2v) is 10.0. The molecular formula is C27H28N4O4S. The highest BCUT2D eigenvalue weighted by atomic mass is 32.2. The maximum absolute atomic E-state index is 13.5. The van der Waals surface area contributed by atoms with E-state index in [1.165, 1.54) is 18.2 Å². The fourth-order valence-corrected chi connectivity index (χ4v) is 5.48. The number of thioether (sulfide) groups is 1. The summed E-state index contributed by atoms with van der Waals surface area (Å²) in [5, 5.41) is 17.9. The van der Waals surface area contributed by atoms with Gasteiger partial charge in [-0.1, -0.05) is 60.6 Å². The number of anilines is 1. The largest absolute Gasteiger partial charge is 0.478 e. The van der Waals surface area contributed by atoms with E-state index in [9.17, 15) is 14.7 Å². The van der Waals surface area contributed by atoms with Crippen molar-refractivity contribution in [3.63, 3.8) is 0 Å². The van der Waals surface area contributed by atoms with Crippen LogP contribution in [0.3, 0.4) is 0 Å². The van der Waals surface area contributed by atoms with Gasteiger partial charge in [0.25, 0.3) is 0 Å². The van der Waals surface area contributed by atoms with E-state index < -0.39 is 12.0 Å². The Labute approximate surface area is 213 Å². The van der Waals surface area contributed by atoms with Crippen LogP contribution in [-0.4, -0.2) is 37.9 Å². The van der Waals surface area contributed by atoms with E-state index in [-0.39, 0.29) is 17.6 Å². The standard InChI is InChI=1S/C27H28N4O4S/c1-17-22(25(34)35-21-10-6-3-7-11-21)23(19-12-14-20(15-13-19)24(32)33)31-26(28-17)29-27(30-31)36-16-18-8-4-2-5-9-18/h2,4-5,8-9,12-15,21,23H,3,6-7,10-11,16H2,1H3,(H,32,33)(H,28,29,30). The van der Waals surface area contributed by atoms with Gasteiger partial charge in [-0.3, -0.25) is 0 Å². The van der Waals surface area contributed by atoms with Crippen molar-refractivity contribution in [2.75, 3.05) is 5.32 Å². The Kier molecular flexibility index (Phi) is 7.09. The number of rotatable bonds is 7. The number of benzene rings is 2. The molecule has 1 aliphatic heterocycles. The fourth-order valence-electron chi connectivity index (χ4n) is 4.69. The van der Waals surface area contributed by atoms with E-state index in [0.717, 1.165) is 36.8 Å². The quantitative estimate of drug-likeness (QED) is 0.324. The molecule has 1 saturated carbocycles. The van der Waals surface area contributed by atoms with E-state index in [0.29, 0.717) is 28.1 Å². The molecule has 1 unspecified atom stereocenters. The highest BCUT2D eigenvalue weighted by molar-refractivity contribution is 7.98. The number of esters is 1. The van der Waals surface area contributed by atoms with Crippen molar-refractivity contribution in [2.24, 2.45) is 0 Å². The number of nitrogens with zero attached hydrogens (tertiary/aromatic N) is 3. The van der Waals surface area contributed by atoms with Gasteiger partial charge in [0.1, 0.15) is 12.1 Å². The lowest BCUT2D eigenvalue weighted by atomic mass is 9.94. The Hall–Kier alpha value is -3.59. The molecule has 1 aromatic heterocycles. The summed E-state index contributed by atoms with van der Waals surface area (Å²) in [6, 6.07) is 16.0. The van der Waals surface area contributed by atoms with Crippen LogP contribution in [0.2, 0.25) is 0 Å². The summed E-state index contributed by atoms with van der Waals surface area (Å²) < 4.78 is 7.65. The Morgan fingerprint density at radius 2 is 1.81 bits per heavy atom. The van der Waals surface area contributed by atoms with Crippen LogP contribution in [-0.2, 0) is 15.3 Å². The first kappa shape index (κ1) is 24.1. The summed E-state index contributed by atoms with van der Waals surface area (Å²) in [4.78, 5) is 29.6. The second-order valence-electron chi connectivity index (χ2n) is 9.10. The zero-order chi connectivity index (χ0) is 25.1. The van der Waals surface area contributed by atoms with Gasteiger partial charge in [-0.05, 0) is 55.9 Å². The minimum atomic E-state index is -1.00. The fraction of sp³-hybridized carbons (Fsp3) is 0.333. The number of carboxylic acid groups (broad SMARTS) is 1. The number of hydrogen-bond donors (Lipinski definition) is 2. The van der Waals surface area contributed by atoms with Gasteiger partial charge in [-0.15, -0.1) is 5.10 Å².